The number of hydrogen-bond acceptors (Lipinski definition) is 9. The number of nitrogens with one attached hydrogen (secondary N) is 7. The molecule has 0 fully saturated rings. The van der Waals surface area contributed by atoms with Gasteiger partial charge in [0.2, 0.25) is 29.5 Å². The predicted octanol–water partition coefficient (Wildman–Crippen LogP) is 0.950. The molecule has 12 N–H and O–H groups in total. The number of carbonyl (C=O) groups is 6. The number of carbonyl (C=O) groups excluding carboxylic acids is 5. The highest BCUT2D eigenvalue weighted by Crippen LogP contribution is 2.20. The molecule has 0 unspecified atom stereocenters. The Labute approximate surface area is 337 Å². The molecule has 2 aromatic carbocycles. The molecule has 4 rings (SSSR count). The quantitative estimate of drug-likeness (QED) is 0.0474. The number of aliphatic carboxylic acids is 1. The molecule has 0 radical (unpaired) electrons. The molecule has 2 heterocycles. The molecule has 2 aromatic heterocycles. The van der Waals surface area contributed by atoms with Crippen molar-refractivity contribution in [1.82, 2.24) is 41.5 Å². The summed E-state index contributed by atoms with van der Waals surface area (Å²) in [5.74, 6) is -4.59. The number of carboxylic acid groups (broad SMARTS) is 1. The third-order valence-corrected chi connectivity index (χ3v) is 9.64. The number of unbranched alkanes of at least 4 members (excludes halogenated alkanes) is 1. The number of fused-ring (bicyclic) bond motifs is 1. The van der Waals surface area contributed by atoms with Crippen molar-refractivity contribution in [3.63, 3.8) is 0 Å². The lowest BCUT2D eigenvalue weighted by molar-refractivity contribution is -0.142. The molecule has 17 nitrogen and oxygen atoms in total. The van der Waals surface area contributed by atoms with Crippen LogP contribution in [0.2, 0.25) is 0 Å². The van der Waals surface area contributed by atoms with Gasteiger partial charge in [-0.15, -0.1) is 0 Å². The minimum Gasteiger partial charge on any atom is -0.480 e. The summed E-state index contributed by atoms with van der Waals surface area (Å²) in [5.41, 5.74) is 14.6. The number of H-pyrrole nitrogens is 2. The lowest BCUT2D eigenvalue weighted by atomic mass is 10.0. The van der Waals surface area contributed by atoms with Crippen LogP contribution in [0, 0.1) is 5.92 Å². The van der Waals surface area contributed by atoms with Crippen molar-refractivity contribution in [2.75, 3.05) is 6.54 Å². The maximum atomic E-state index is 14.4. The van der Waals surface area contributed by atoms with E-state index in [2.05, 4.69) is 41.5 Å². The van der Waals surface area contributed by atoms with Gasteiger partial charge in [0, 0.05) is 48.3 Å². The number of hydrogen-bond donors (Lipinski definition) is 10. The number of aromatic nitrogens is 3. The summed E-state index contributed by atoms with van der Waals surface area (Å²) < 4.78 is 0. The fraction of sp³-hybridized carbons (Fsp3) is 0.439. The van der Waals surface area contributed by atoms with Crippen molar-refractivity contribution in [3.05, 3.63) is 90.1 Å². The van der Waals surface area contributed by atoms with Gasteiger partial charge in [-0.05, 0) is 55.8 Å². The van der Waals surface area contributed by atoms with Crippen LogP contribution in [-0.4, -0.2) is 98.4 Å². The molecule has 0 spiro atoms. The molecule has 58 heavy (non-hydrogen) atoms. The number of carboxylic acids is 1. The number of rotatable bonds is 23. The molecule has 0 aliphatic heterocycles. The topological polar surface area (TPSA) is 279 Å². The van der Waals surface area contributed by atoms with Crippen molar-refractivity contribution in [1.29, 1.82) is 0 Å². The van der Waals surface area contributed by atoms with Crippen molar-refractivity contribution >= 4 is 46.4 Å². The SMILES string of the molecule is CC(C)C[C@H](NC(=O)[C@H](C)NC(=O)[C@H](Cc1cnc[nH]1)NC(=O)[C@H](Cc1c[nH]c2ccccc12)NC(=O)[C@H](Cc1ccccc1)NC(=O)[C@@H](N)CCCCN)C(=O)O. The standard InChI is InChI=1S/C41H56N10O7/c1-24(2)17-35(41(57)58)51-36(52)25(3)47-38(54)34(20-28-22-44-23-46-28)50-40(56)33(19-27-21-45-31-15-8-7-13-29(27)31)49-39(55)32(18-26-11-5-4-6-12-26)48-37(53)30(43)14-9-10-16-42/h4-8,11-13,15,21-25,30,32-35,45H,9-10,14,16-20,42-43H2,1-3H3,(H,44,46)(H,47,54)(H,48,53)(H,49,55)(H,50,56)(H,51,52)(H,57,58)/t25-,30-,32-,33-,34-,35-/m0/s1. The minimum absolute atomic E-state index is 0.00414. The zero-order valence-electron chi connectivity index (χ0n) is 33.1. The molecule has 0 bridgehead atoms. The first-order valence-corrected chi connectivity index (χ1v) is 19.5. The Hall–Kier alpha value is -6.07. The molecule has 0 saturated heterocycles. The predicted molar refractivity (Wildman–Crippen MR) is 218 cm³/mol. The Balaban J connectivity index is 1.60. The van der Waals surface area contributed by atoms with Crippen LogP contribution in [0.1, 0.15) is 63.3 Å². The van der Waals surface area contributed by atoms with Gasteiger partial charge in [0.15, 0.2) is 0 Å². The molecule has 4 aromatic rings. The number of amides is 5. The summed E-state index contributed by atoms with van der Waals surface area (Å²) in [6.45, 7) is 5.51. The van der Waals surface area contributed by atoms with Crippen LogP contribution in [0.4, 0.5) is 0 Å². The maximum absolute atomic E-state index is 14.4. The van der Waals surface area contributed by atoms with E-state index in [9.17, 15) is 33.9 Å². The Morgan fingerprint density at radius 1 is 0.707 bits per heavy atom. The van der Waals surface area contributed by atoms with E-state index in [0.717, 1.165) is 16.5 Å². The van der Waals surface area contributed by atoms with Crippen LogP contribution in [0.5, 0.6) is 0 Å². The van der Waals surface area contributed by atoms with Crippen LogP contribution in [0.3, 0.4) is 0 Å². The number of imidazole rings is 1. The fourth-order valence-corrected chi connectivity index (χ4v) is 6.45. The first-order chi connectivity index (χ1) is 27.7. The van der Waals surface area contributed by atoms with E-state index < -0.39 is 71.8 Å². The van der Waals surface area contributed by atoms with E-state index in [0.29, 0.717) is 37.1 Å². The van der Waals surface area contributed by atoms with E-state index in [1.165, 1.54) is 19.4 Å². The summed E-state index contributed by atoms with van der Waals surface area (Å²) in [6, 6.07) is 9.65. The zero-order chi connectivity index (χ0) is 42.2. The van der Waals surface area contributed by atoms with E-state index in [1.807, 2.05) is 68.4 Å². The third-order valence-electron chi connectivity index (χ3n) is 9.64. The van der Waals surface area contributed by atoms with E-state index in [-0.39, 0.29) is 31.6 Å². The van der Waals surface area contributed by atoms with Crippen LogP contribution in [-0.2, 0) is 48.0 Å². The zero-order valence-corrected chi connectivity index (χ0v) is 33.1. The summed E-state index contributed by atoms with van der Waals surface area (Å²) >= 11 is 0. The Kier molecular flexibility index (Phi) is 17.0. The molecule has 312 valence electrons. The molecule has 5 amide bonds. The van der Waals surface area contributed by atoms with Gasteiger partial charge in [0.05, 0.1) is 12.4 Å². The third kappa shape index (κ3) is 13.5. The number of nitrogens with two attached hydrogens (primary N) is 2. The van der Waals surface area contributed by atoms with E-state index in [4.69, 9.17) is 11.5 Å². The van der Waals surface area contributed by atoms with Gasteiger partial charge in [-0.3, -0.25) is 24.0 Å². The molecule has 17 heteroatoms. The average molecular weight is 801 g/mol. The molecule has 6 atom stereocenters. The normalized spacial score (nSPS) is 14.4. The molecular weight excluding hydrogens is 745 g/mol. The van der Waals surface area contributed by atoms with Gasteiger partial charge < -0.3 is 53.1 Å². The van der Waals surface area contributed by atoms with Crippen LogP contribution < -0.4 is 38.1 Å². The fourth-order valence-electron chi connectivity index (χ4n) is 6.45. The Bertz CT molecular complexity index is 1970. The first-order valence-electron chi connectivity index (χ1n) is 19.5. The Morgan fingerprint density at radius 2 is 1.31 bits per heavy atom. The van der Waals surface area contributed by atoms with Gasteiger partial charge >= 0.3 is 5.97 Å². The molecular formula is C41H56N10O7. The highest BCUT2D eigenvalue weighted by atomic mass is 16.4. The van der Waals surface area contributed by atoms with E-state index in [1.54, 1.807) is 6.20 Å². The lowest BCUT2D eigenvalue weighted by Gasteiger charge is -2.27. The summed E-state index contributed by atoms with van der Waals surface area (Å²) in [5, 5.41) is 23.9. The monoisotopic (exact) mass is 800 g/mol. The van der Waals surface area contributed by atoms with Crippen LogP contribution >= 0.6 is 0 Å². The Morgan fingerprint density at radius 3 is 1.95 bits per heavy atom. The average Bonchev–Trinajstić information content (AvgIpc) is 3.87. The van der Waals surface area contributed by atoms with Crippen molar-refractivity contribution < 1.29 is 33.9 Å². The maximum Gasteiger partial charge on any atom is 0.326 e. The van der Waals surface area contributed by atoms with Gasteiger partial charge in [-0.2, -0.15) is 0 Å². The van der Waals surface area contributed by atoms with Gasteiger partial charge in [-0.25, -0.2) is 9.78 Å². The number of nitrogens with zero attached hydrogens (tertiary/aromatic N) is 1. The van der Waals surface area contributed by atoms with Gasteiger partial charge in [0.25, 0.3) is 0 Å². The van der Waals surface area contributed by atoms with Crippen molar-refractivity contribution in [2.45, 2.75) is 102 Å². The summed E-state index contributed by atoms with van der Waals surface area (Å²) in [6.07, 6.45) is 6.52. The van der Waals surface area contributed by atoms with Crippen LogP contribution in [0.15, 0.2) is 73.3 Å². The van der Waals surface area contributed by atoms with Crippen molar-refractivity contribution in [2.24, 2.45) is 17.4 Å². The second-order valence-corrected chi connectivity index (χ2v) is 14.9. The van der Waals surface area contributed by atoms with E-state index >= 15 is 0 Å². The number of aromatic amines is 2. The lowest BCUT2D eigenvalue weighted by Crippen LogP contribution is -2.60. The van der Waals surface area contributed by atoms with Crippen LogP contribution in [0.25, 0.3) is 10.9 Å². The molecule has 0 aliphatic carbocycles. The highest BCUT2D eigenvalue weighted by molar-refractivity contribution is 5.97. The number of benzene rings is 2. The minimum atomic E-state index is -1.28. The van der Waals surface area contributed by atoms with Gasteiger partial charge in [-0.1, -0.05) is 68.8 Å². The molecule has 0 saturated carbocycles. The second-order valence-electron chi connectivity index (χ2n) is 14.9. The smallest absolute Gasteiger partial charge is 0.326 e. The highest BCUT2D eigenvalue weighted by Gasteiger charge is 2.33. The molecule has 0 aliphatic rings. The summed E-state index contributed by atoms with van der Waals surface area (Å²) in [4.78, 5) is 90.6. The first kappa shape index (κ1) is 44.6. The number of para-hydroxylation sites is 1. The van der Waals surface area contributed by atoms with Gasteiger partial charge in [0.1, 0.15) is 30.2 Å². The largest absolute Gasteiger partial charge is 0.480 e. The second kappa shape index (κ2) is 22.0. The summed E-state index contributed by atoms with van der Waals surface area (Å²) in [7, 11) is 0. The van der Waals surface area contributed by atoms with Crippen molar-refractivity contribution in [3.8, 4) is 0 Å².